The summed E-state index contributed by atoms with van der Waals surface area (Å²) >= 11 is 1.63. The number of nitrogens with two attached hydrogens (primary N) is 1. The molecule has 3 rings (SSSR count). The number of aryl methyl sites for hydroxylation is 2. The van der Waals surface area contributed by atoms with E-state index in [9.17, 15) is 4.79 Å². The molecule has 0 spiro atoms. The number of aromatic nitrogens is 2. The van der Waals surface area contributed by atoms with E-state index in [0.29, 0.717) is 17.3 Å². The second kappa shape index (κ2) is 8.00. The predicted octanol–water partition coefficient (Wildman–Crippen LogP) is 2.63. The van der Waals surface area contributed by atoms with Gasteiger partial charge in [-0.3, -0.25) is 10.2 Å². The number of amides is 1. The fourth-order valence-electron chi connectivity index (χ4n) is 2.47. The lowest BCUT2D eigenvalue weighted by molar-refractivity contribution is -0.119. The molecule has 27 heavy (non-hydrogen) atoms. The number of hydrogen-bond donors (Lipinski definition) is 2. The van der Waals surface area contributed by atoms with Crippen molar-refractivity contribution in [3.8, 4) is 11.5 Å². The molecule has 0 atom stereocenters. The maximum absolute atomic E-state index is 10.9. The monoisotopic (exact) mass is 385 g/mol. The third kappa shape index (κ3) is 4.14. The number of hydrazone groups is 1. The van der Waals surface area contributed by atoms with E-state index < -0.39 is 5.91 Å². The molecule has 1 amide bonds. The van der Waals surface area contributed by atoms with Gasteiger partial charge in [0.1, 0.15) is 11.2 Å². The maximum atomic E-state index is 10.9. The van der Waals surface area contributed by atoms with Crippen LogP contribution in [0.5, 0.6) is 11.5 Å². The van der Waals surface area contributed by atoms with Crippen LogP contribution in [-0.2, 0) is 4.79 Å². The highest BCUT2D eigenvalue weighted by Crippen LogP contribution is 2.32. The fraction of sp³-hybridized carbons (Fsp3) is 0.222. The zero-order chi connectivity index (χ0) is 19.4. The van der Waals surface area contributed by atoms with Crippen molar-refractivity contribution in [2.45, 2.75) is 13.8 Å². The van der Waals surface area contributed by atoms with Gasteiger partial charge in [0.05, 0.1) is 18.7 Å². The van der Waals surface area contributed by atoms with Crippen LogP contribution >= 0.6 is 11.3 Å². The Kier molecular flexibility index (Phi) is 5.51. The van der Waals surface area contributed by atoms with E-state index in [1.54, 1.807) is 35.8 Å². The molecule has 0 bridgehead atoms. The summed E-state index contributed by atoms with van der Waals surface area (Å²) in [5.41, 5.74) is 10.00. The van der Waals surface area contributed by atoms with Gasteiger partial charge in [-0.1, -0.05) is 0 Å². The molecule has 1 aromatic carbocycles. The minimum Gasteiger partial charge on any atom is -0.493 e. The molecule has 2 heterocycles. The zero-order valence-electron chi connectivity index (χ0n) is 15.1. The van der Waals surface area contributed by atoms with E-state index in [2.05, 4.69) is 27.4 Å². The molecule has 0 unspecified atom stereocenters. The summed E-state index contributed by atoms with van der Waals surface area (Å²) in [4.78, 5) is 21.6. The van der Waals surface area contributed by atoms with E-state index in [4.69, 9.17) is 15.2 Å². The Morgan fingerprint density at radius 2 is 2.15 bits per heavy atom. The van der Waals surface area contributed by atoms with Gasteiger partial charge in [-0.05, 0) is 43.2 Å². The van der Waals surface area contributed by atoms with Crippen molar-refractivity contribution < 1.29 is 14.3 Å². The first-order valence-electron chi connectivity index (χ1n) is 8.08. The van der Waals surface area contributed by atoms with Crippen LogP contribution in [-0.4, -0.2) is 35.8 Å². The average molecular weight is 385 g/mol. The molecule has 0 aliphatic rings. The summed E-state index contributed by atoms with van der Waals surface area (Å²) in [6.07, 6.45) is 3.16. The van der Waals surface area contributed by atoms with Crippen molar-refractivity contribution in [2.75, 3.05) is 19.1 Å². The molecule has 0 saturated heterocycles. The number of methoxy groups -OCH3 is 1. The molecular formula is C18H19N5O3S. The molecule has 140 valence electrons. The Morgan fingerprint density at radius 1 is 1.33 bits per heavy atom. The molecule has 0 fully saturated rings. The Morgan fingerprint density at radius 3 is 2.89 bits per heavy atom. The summed E-state index contributed by atoms with van der Waals surface area (Å²) in [5.74, 6) is 1.02. The number of carbonyl (C=O) groups excluding carboxylic acids is 1. The summed E-state index contributed by atoms with van der Waals surface area (Å²) in [5, 5.41) is 5.24. The first-order chi connectivity index (χ1) is 13.0. The van der Waals surface area contributed by atoms with Crippen molar-refractivity contribution in [1.29, 1.82) is 0 Å². The van der Waals surface area contributed by atoms with Crippen molar-refractivity contribution in [3.63, 3.8) is 0 Å². The number of nitrogens with zero attached hydrogens (tertiary/aromatic N) is 3. The van der Waals surface area contributed by atoms with Crippen LogP contribution < -0.4 is 20.6 Å². The maximum Gasteiger partial charge on any atom is 0.255 e. The van der Waals surface area contributed by atoms with E-state index >= 15 is 0 Å². The predicted molar refractivity (Wildman–Crippen MR) is 106 cm³/mol. The van der Waals surface area contributed by atoms with E-state index in [1.165, 1.54) is 18.3 Å². The molecule has 9 heteroatoms. The number of carbonyl (C=O) groups is 1. The van der Waals surface area contributed by atoms with Crippen LogP contribution in [0.3, 0.4) is 0 Å². The Hall–Kier alpha value is -3.20. The molecule has 0 aliphatic carbocycles. The Labute approximate surface area is 160 Å². The van der Waals surface area contributed by atoms with Crippen molar-refractivity contribution in [2.24, 2.45) is 10.8 Å². The zero-order valence-corrected chi connectivity index (χ0v) is 16.0. The Balaban J connectivity index is 1.78. The number of primary amides is 1. The topological polar surface area (TPSA) is 112 Å². The standard InChI is InChI=1S/C18H19N5O3S/c1-10-11(2)27-18-16(10)17(20-9-21-18)23-22-7-12-4-5-13(14(6-12)25-3)26-8-15(19)24/h4-7,9H,8H2,1-3H3,(H2,19,24)(H,20,21,23)/b22-7-. The molecule has 8 nitrogen and oxygen atoms in total. The van der Waals surface area contributed by atoms with Crippen LogP contribution in [0.15, 0.2) is 29.6 Å². The van der Waals surface area contributed by atoms with Crippen LogP contribution in [0.2, 0.25) is 0 Å². The van der Waals surface area contributed by atoms with E-state index in [0.717, 1.165) is 21.3 Å². The van der Waals surface area contributed by atoms with Crippen LogP contribution in [0, 0.1) is 13.8 Å². The molecule has 0 saturated carbocycles. The van der Waals surface area contributed by atoms with E-state index in [1.807, 2.05) is 6.92 Å². The van der Waals surface area contributed by atoms with Crippen LogP contribution in [0.4, 0.5) is 5.82 Å². The number of ether oxygens (including phenoxy) is 2. The van der Waals surface area contributed by atoms with Gasteiger partial charge in [-0.15, -0.1) is 11.3 Å². The molecule has 3 aromatic rings. The van der Waals surface area contributed by atoms with Gasteiger partial charge in [-0.25, -0.2) is 9.97 Å². The quantitative estimate of drug-likeness (QED) is 0.478. The normalized spacial score (nSPS) is 11.1. The minimum absolute atomic E-state index is 0.214. The van der Waals surface area contributed by atoms with Crippen molar-refractivity contribution in [3.05, 3.63) is 40.5 Å². The average Bonchev–Trinajstić information content (AvgIpc) is 2.95. The highest BCUT2D eigenvalue weighted by Gasteiger charge is 2.11. The number of anilines is 1. The SMILES string of the molecule is COc1cc(/C=N\Nc2ncnc3sc(C)c(C)c23)ccc1OCC(N)=O. The van der Waals surface area contributed by atoms with Crippen LogP contribution in [0.25, 0.3) is 10.2 Å². The first kappa shape index (κ1) is 18.6. The lowest BCUT2D eigenvalue weighted by atomic mass is 10.2. The molecule has 2 aromatic heterocycles. The summed E-state index contributed by atoms with van der Waals surface area (Å²) in [7, 11) is 1.52. The smallest absolute Gasteiger partial charge is 0.255 e. The lowest BCUT2D eigenvalue weighted by Gasteiger charge is -2.09. The third-order valence-corrected chi connectivity index (χ3v) is 5.02. The van der Waals surface area contributed by atoms with Gasteiger partial charge in [0.2, 0.25) is 0 Å². The second-order valence-electron chi connectivity index (χ2n) is 5.72. The number of hydrogen-bond acceptors (Lipinski definition) is 8. The van der Waals surface area contributed by atoms with Gasteiger partial charge in [0, 0.05) is 4.88 Å². The first-order valence-corrected chi connectivity index (χ1v) is 8.90. The van der Waals surface area contributed by atoms with Crippen molar-refractivity contribution in [1.82, 2.24) is 9.97 Å². The van der Waals surface area contributed by atoms with Gasteiger partial charge < -0.3 is 15.2 Å². The summed E-state index contributed by atoms with van der Waals surface area (Å²) in [6.45, 7) is 3.89. The number of rotatable bonds is 7. The molecule has 0 radical (unpaired) electrons. The van der Waals surface area contributed by atoms with Gasteiger partial charge in [-0.2, -0.15) is 5.10 Å². The number of benzene rings is 1. The molecule has 3 N–H and O–H groups in total. The lowest BCUT2D eigenvalue weighted by Crippen LogP contribution is -2.20. The summed E-state index contributed by atoms with van der Waals surface area (Å²) in [6, 6.07) is 5.23. The minimum atomic E-state index is -0.554. The number of fused-ring (bicyclic) bond motifs is 1. The fourth-order valence-corrected chi connectivity index (χ4v) is 3.46. The van der Waals surface area contributed by atoms with Gasteiger partial charge in [0.25, 0.3) is 5.91 Å². The van der Waals surface area contributed by atoms with Crippen molar-refractivity contribution >= 4 is 39.5 Å². The Bertz CT molecular complexity index is 1020. The van der Waals surface area contributed by atoms with Crippen LogP contribution in [0.1, 0.15) is 16.0 Å². The number of thiophene rings is 1. The summed E-state index contributed by atoms with van der Waals surface area (Å²) < 4.78 is 10.6. The molecular weight excluding hydrogens is 366 g/mol. The molecule has 0 aliphatic heterocycles. The largest absolute Gasteiger partial charge is 0.493 e. The van der Waals surface area contributed by atoms with Gasteiger partial charge >= 0.3 is 0 Å². The number of nitrogens with one attached hydrogen (secondary N) is 1. The van der Waals surface area contributed by atoms with Gasteiger partial charge in [0.15, 0.2) is 23.9 Å². The third-order valence-electron chi connectivity index (χ3n) is 3.91. The van der Waals surface area contributed by atoms with E-state index in [-0.39, 0.29) is 6.61 Å². The second-order valence-corrected chi connectivity index (χ2v) is 6.92. The highest BCUT2D eigenvalue weighted by molar-refractivity contribution is 7.18. The highest BCUT2D eigenvalue weighted by atomic mass is 32.1.